The number of methoxy groups -OCH3 is 1. The van der Waals surface area contributed by atoms with Crippen molar-refractivity contribution >= 4 is 10.9 Å². The second-order valence-corrected chi connectivity index (χ2v) is 4.50. The number of rotatable bonds is 4. The van der Waals surface area contributed by atoms with Crippen molar-refractivity contribution in [3.8, 4) is 5.75 Å². The number of likely N-dealkylation sites (N-methyl/N-ethyl adjacent to an activating group) is 1. The zero-order valence-corrected chi connectivity index (χ0v) is 10.8. The summed E-state index contributed by atoms with van der Waals surface area (Å²) in [6.07, 6.45) is 1.97. The number of fused-ring (bicyclic) bond motifs is 1. The average molecular weight is 233 g/mol. The fourth-order valence-electron chi connectivity index (χ4n) is 1.76. The standard InChI is InChI=1S/C14H20N2O/c1-11(15(2)3)10-16-8-7-12-9-13(17-4)5-6-14(12)16/h5-9,11H,10H2,1-4H3/t11-/m1/s1/i10D/t10-,11-. The van der Waals surface area contributed by atoms with E-state index >= 15 is 0 Å². The van der Waals surface area contributed by atoms with Crippen LogP contribution >= 0.6 is 0 Å². The van der Waals surface area contributed by atoms with Gasteiger partial charge in [0.05, 0.1) is 8.48 Å². The minimum atomic E-state index is -0.314. The molecule has 2 rings (SSSR count). The van der Waals surface area contributed by atoms with E-state index in [-0.39, 0.29) is 12.6 Å². The van der Waals surface area contributed by atoms with Crippen molar-refractivity contribution in [1.82, 2.24) is 9.47 Å². The SMILES string of the molecule is [2H][C@H]([C@@H](C)N(C)C)n1ccc2cc(OC)ccc21. The van der Waals surface area contributed by atoms with E-state index < -0.39 is 0 Å². The van der Waals surface area contributed by atoms with Gasteiger partial charge in [0.1, 0.15) is 5.75 Å². The molecule has 0 fully saturated rings. The first-order chi connectivity index (χ1) is 8.54. The maximum atomic E-state index is 8.34. The topological polar surface area (TPSA) is 17.4 Å². The number of ether oxygens (including phenoxy) is 1. The van der Waals surface area contributed by atoms with Gasteiger partial charge in [-0.2, -0.15) is 0 Å². The van der Waals surface area contributed by atoms with Crippen LogP contribution in [0.15, 0.2) is 30.5 Å². The molecular formula is C14H20N2O. The van der Waals surface area contributed by atoms with Gasteiger partial charge in [0, 0.05) is 29.7 Å². The van der Waals surface area contributed by atoms with E-state index in [0.29, 0.717) is 0 Å². The molecule has 2 aromatic rings. The van der Waals surface area contributed by atoms with Crippen LogP contribution in [0.3, 0.4) is 0 Å². The lowest BCUT2D eigenvalue weighted by atomic mass is 10.2. The van der Waals surface area contributed by atoms with Gasteiger partial charge in [-0.05, 0) is 45.3 Å². The molecule has 0 amide bonds. The Morgan fingerprint density at radius 3 is 2.82 bits per heavy atom. The van der Waals surface area contributed by atoms with Crippen molar-refractivity contribution in [2.45, 2.75) is 19.5 Å². The molecule has 0 radical (unpaired) electrons. The van der Waals surface area contributed by atoms with Gasteiger partial charge in [0.25, 0.3) is 0 Å². The second-order valence-electron chi connectivity index (χ2n) is 4.50. The lowest BCUT2D eigenvalue weighted by Crippen LogP contribution is -2.28. The van der Waals surface area contributed by atoms with Gasteiger partial charge >= 0.3 is 0 Å². The number of aromatic nitrogens is 1. The van der Waals surface area contributed by atoms with E-state index in [1.165, 1.54) is 0 Å². The normalized spacial score (nSPS) is 15.9. The molecule has 0 N–H and O–H groups in total. The lowest BCUT2D eigenvalue weighted by molar-refractivity contribution is 0.286. The van der Waals surface area contributed by atoms with Gasteiger partial charge in [-0.25, -0.2) is 0 Å². The zero-order chi connectivity index (χ0) is 13.3. The van der Waals surface area contributed by atoms with Crippen LogP contribution in [0.25, 0.3) is 10.9 Å². The maximum absolute atomic E-state index is 8.34. The monoisotopic (exact) mass is 233 g/mol. The summed E-state index contributed by atoms with van der Waals surface area (Å²) in [6.45, 7) is 1.75. The molecule has 0 aliphatic rings. The molecule has 0 saturated heterocycles. The van der Waals surface area contributed by atoms with Crippen LogP contribution in [0.5, 0.6) is 5.75 Å². The summed E-state index contributed by atoms with van der Waals surface area (Å²) < 4.78 is 15.5. The fraction of sp³-hybridized carbons (Fsp3) is 0.429. The van der Waals surface area contributed by atoms with Gasteiger partial charge in [-0.1, -0.05) is 0 Å². The largest absolute Gasteiger partial charge is 0.497 e. The van der Waals surface area contributed by atoms with E-state index in [1.54, 1.807) is 7.11 Å². The van der Waals surface area contributed by atoms with Crippen LogP contribution in [0, 0.1) is 0 Å². The van der Waals surface area contributed by atoms with E-state index in [9.17, 15) is 0 Å². The maximum Gasteiger partial charge on any atom is 0.119 e. The van der Waals surface area contributed by atoms with Crippen molar-refractivity contribution in [2.75, 3.05) is 21.2 Å². The molecule has 0 bridgehead atoms. The molecule has 17 heavy (non-hydrogen) atoms. The van der Waals surface area contributed by atoms with Crippen LogP contribution in [-0.4, -0.2) is 36.7 Å². The first-order valence-corrected chi connectivity index (χ1v) is 5.78. The zero-order valence-electron chi connectivity index (χ0n) is 11.8. The van der Waals surface area contributed by atoms with Crippen molar-refractivity contribution in [3.63, 3.8) is 0 Å². The van der Waals surface area contributed by atoms with Crippen LogP contribution < -0.4 is 4.74 Å². The summed E-state index contributed by atoms with van der Waals surface area (Å²) in [5.74, 6) is 0.849. The molecule has 3 nitrogen and oxygen atoms in total. The van der Waals surface area contributed by atoms with Crippen LogP contribution in [0.4, 0.5) is 0 Å². The van der Waals surface area contributed by atoms with E-state index in [1.807, 2.05) is 49.1 Å². The Balaban J connectivity index is 2.40. The first-order valence-electron chi connectivity index (χ1n) is 6.35. The number of hydrogen-bond acceptors (Lipinski definition) is 2. The van der Waals surface area contributed by atoms with Crippen LogP contribution in [0.1, 0.15) is 8.29 Å². The summed E-state index contributed by atoms with van der Waals surface area (Å²) in [6, 6.07) is 8.13. The van der Waals surface area contributed by atoms with E-state index in [0.717, 1.165) is 16.7 Å². The summed E-state index contributed by atoms with van der Waals surface area (Å²) in [5, 5.41) is 1.11. The van der Waals surface area contributed by atoms with E-state index in [2.05, 4.69) is 11.8 Å². The average Bonchev–Trinajstić information content (AvgIpc) is 2.79. The second kappa shape index (κ2) is 4.80. The Kier molecular flexibility index (Phi) is 3.01. The highest BCUT2D eigenvalue weighted by atomic mass is 16.5. The van der Waals surface area contributed by atoms with Gasteiger partial charge in [-0.15, -0.1) is 0 Å². The van der Waals surface area contributed by atoms with E-state index in [4.69, 9.17) is 6.11 Å². The smallest absolute Gasteiger partial charge is 0.119 e. The molecule has 0 unspecified atom stereocenters. The molecule has 1 heterocycles. The van der Waals surface area contributed by atoms with Crippen molar-refractivity contribution < 1.29 is 6.11 Å². The molecule has 1 aromatic carbocycles. The highest BCUT2D eigenvalue weighted by Gasteiger charge is 2.08. The Bertz CT molecular complexity index is 536. The fourth-order valence-corrected chi connectivity index (χ4v) is 1.76. The highest BCUT2D eigenvalue weighted by molar-refractivity contribution is 5.81. The molecule has 3 heteroatoms. The summed E-state index contributed by atoms with van der Waals surface area (Å²) in [7, 11) is 5.67. The minimum Gasteiger partial charge on any atom is -0.497 e. The summed E-state index contributed by atoms with van der Waals surface area (Å²) in [4.78, 5) is 2.06. The summed E-state index contributed by atoms with van der Waals surface area (Å²) >= 11 is 0. The predicted molar refractivity (Wildman–Crippen MR) is 71.6 cm³/mol. The quantitative estimate of drug-likeness (QED) is 0.807. The van der Waals surface area contributed by atoms with Crippen LogP contribution in [0.2, 0.25) is 0 Å². The Hall–Kier alpha value is -1.48. The molecule has 2 atom stereocenters. The lowest BCUT2D eigenvalue weighted by Gasteiger charge is -2.20. The van der Waals surface area contributed by atoms with Gasteiger partial charge < -0.3 is 14.2 Å². The van der Waals surface area contributed by atoms with Gasteiger partial charge in [-0.3, -0.25) is 0 Å². The Morgan fingerprint density at radius 2 is 2.18 bits per heavy atom. The van der Waals surface area contributed by atoms with Crippen molar-refractivity contribution in [1.29, 1.82) is 0 Å². The minimum absolute atomic E-state index is 0.155. The predicted octanol–water partition coefficient (Wildman–Crippen LogP) is 2.60. The molecule has 0 aliphatic carbocycles. The molecule has 0 aliphatic heterocycles. The third kappa shape index (κ3) is 2.44. The van der Waals surface area contributed by atoms with Gasteiger partial charge in [0.2, 0.25) is 0 Å². The van der Waals surface area contributed by atoms with Crippen molar-refractivity contribution in [2.24, 2.45) is 0 Å². The third-order valence-electron chi connectivity index (χ3n) is 3.12. The number of hydrogen-bond donors (Lipinski definition) is 0. The van der Waals surface area contributed by atoms with Crippen LogP contribution in [-0.2, 0) is 6.52 Å². The molecular weight excluding hydrogens is 212 g/mol. The molecule has 0 saturated carbocycles. The molecule has 0 spiro atoms. The molecule has 92 valence electrons. The van der Waals surface area contributed by atoms with Gasteiger partial charge in [0.15, 0.2) is 0 Å². The number of benzene rings is 1. The summed E-state index contributed by atoms with van der Waals surface area (Å²) in [5.41, 5.74) is 1.07. The third-order valence-corrected chi connectivity index (χ3v) is 3.12. The highest BCUT2D eigenvalue weighted by Crippen LogP contribution is 2.22. The first kappa shape index (κ1) is 10.7. The van der Waals surface area contributed by atoms with Crippen molar-refractivity contribution in [3.05, 3.63) is 30.5 Å². The Morgan fingerprint density at radius 1 is 1.41 bits per heavy atom. The number of nitrogens with zero attached hydrogens (tertiary/aromatic N) is 2. The molecule has 1 aromatic heterocycles. The Labute approximate surface area is 104 Å².